The van der Waals surface area contributed by atoms with E-state index in [1.807, 2.05) is 0 Å². The van der Waals surface area contributed by atoms with Crippen LogP contribution in [-0.2, 0) is 32.4 Å². The Kier molecular flexibility index (Phi) is 5.07. The number of aromatic nitrogens is 3. The van der Waals surface area contributed by atoms with Gasteiger partial charge in [-0.05, 0) is 55.8 Å². The minimum atomic E-state index is 0.373. The van der Waals surface area contributed by atoms with Crippen LogP contribution in [0.3, 0.4) is 0 Å². The average Bonchev–Trinajstić information content (AvgIpc) is 3.31. The molecule has 28 heavy (non-hydrogen) atoms. The van der Waals surface area contributed by atoms with Gasteiger partial charge < -0.3 is 14.6 Å². The minimum absolute atomic E-state index is 0.373. The predicted molar refractivity (Wildman–Crippen MR) is 109 cm³/mol. The molecule has 5 rings (SSSR count). The molecule has 1 aliphatic carbocycles. The third kappa shape index (κ3) is 3.44. The molecule has 1 atom stereocenters. The van der Waals surface area contributed by atoms with Crippen molar-refractivity contribution in [3.05, 3.63) is 40.5 Å². The Bertz CT molecular complexity index is 840. The summed E-state index contributed by atoms with van der Waals surface area (Å²) >= 11 is 0. The molecule has 0 unspecified atom stereocenters. The lowest BCUT2D eigenvalue weighted by Gasteiger charge is -2.24. The first-order valence-electron chi connectivity index (χ1n) is 10.9. The molecule has 0 amide bonds. The van der Waals surface area contributed by atoms with E-state index in [2.05, 4.69) is 37.1 Å². The molecule has 0 saturated carbocycles. The molecule has 6 heteroatoms. The Hall–Kier alpha value is -1.92. The zero-order valence-electron chi connectivity index (χ0n) is 16.9. The van der Waals surface area contributed by atoms with Crippen molar-refractivity contribution in [3.63, 3.8) is 0 Å². The van der Waals surface area contributed by atoms with E-state index in [0.717, 1.165) is 56.5 Å². The number of rotatable bonds is 4. The second kappa shape index (κ2) is 7.84. The lowest BCUT2D eigenvalue weighted by Crippen LogP contribution is -2.30. The first kappa shape index (κ1) is 18.1. The topological polar surface area (TPSA) is 55.2 Å². The SMILES string of the molecule is COc1cc2c(cc1CN1CCc3nnc([C@@H]4CCCCN4)n3CC1)CCC2. The summed E-state index contributed by atoms with van der Waals surface area (Å²) in [5.74, 6) is 3.34. The molecule has 0 spiro atoms. The second-order valence-electron chi connectivity index (χ2n) is 8.44. The summed E-state index contributed by atoms with van der Waals surface area (Å²) in [6, 6.07) is 5.04. The Balaban J connectivity index is 1.31. The number of aryl methyl sites for hydroxylation is 2. The lowest BCUT2D eigenvalue weighted by molar-refractivity contribution is 0.263. The van der Waals surface area contributed by atoms with Crippen LogP contribution in [-0.4, -0.2) is 46.4 Å². The third-order valence-electron chi connectivity index (χ3n) is 6.66. The number of hydrogen-bond acceptors (Lipinski definition) is 5. The van der Waals surface area contributed by atoms with Crippen LogP contribution in [0.25, 0.3) is 0 Å². The van der Waals surface area contributed by atoms with Gasteiger partial charge in [-0.3, -0.25) is 4.90 Å². The first-order valence-corrected chi connectivity index (χ1v) is 10.9. The number of fused-ring (bicyclic) bond motifs is 2. The van der Waals surface area contributed by atoms with E-state index in [9.17, 15) is 0 Å². The van der Waals surface area contributed by atoms with Crippen LogP contribution in [0.1, 0.15) is 60.1 Å². The Morgan fingerprint density at radius 3 is 2.75 bits per heavy atom. The van der Waals surface area contributed by atoms with Crippen molar-refractivity contribution < 1.29 is 4.74 Å². The van der Waals surface area contributed by atoms with Gasteiger partial charge in [-0.25, -0.2) is 0 Å². The summed E-state index contributed by atoms with van der Waals surface area (Å²) in [5.41, 5.74) is 4.33. The summed E-state index contributed by atoms with van der Waals surface area (Å²) in [6.45, 7) is 5.08. The third-order valence-corrected chi connectivity index (χ3v) is 6.66. The maximum Gasteiger partial charge on any atom is 0.150 e. The molecule has 0 radical (unpaired) electrons. The largest absolute Gasteiger partial charge is 0.496 e. The van der Waals surface area contributed by atoms with Crippen molar-refractivity contribution in [2.45, 2.75) is 64.1 Å². The molecule has 0 bridgehead atoms. The molecule has 2 aliphatic heterocycles. The van der Waals surface area contributed by atoms with Crippen molar-refractivity contribution in [1.82, 2.24) is 25.0 Å². The summed E-state index contributed by atoms with van der Waals surface area (Å²) < 4.78 is 8.10. The number of nitrogens with zero attached hydrogens (tertiary/aromatic N) is 4. The Morgan fingerprint density at radius 1 is 1.04 bits per heavy atom. The molecular weight excluding hydrogens is 350 g/mol. The molecule has 1 aromatic heterocycles. The molecule has 150 valence electrons. The van der Waals surface area contributed by atoms with Crippen molar-refractivity contribution in [3.8, 4) is 5.75 Å². The molecule has 2 aromatic rings. The number of nitrogens with one attached hydrogen (secondary N) is 1. The fraction of sp³-hybridized carbons (Fsp3) is 0.636. The molecule has 1 aromatic carbocycles. The highest BCUT2D eigenvalue weighted by Crippen LogP contribution is 2.31. The fourth-order valence-electron chi connectivity index (χ4n) is 5.08. The smallest absolute Gasteiger partial charge is 0.150 e. The van der Waals surface area contributed by atoms with Crippen LogP contribution in [0.2, 0.25) is 0 Å². The Labute approximate surface area is 167 Å². The van der Waals surface area contributed by atoms with Crippen LogP contribution in [0, 0.1) is 0 Å². The monoisotopic (exact) mass is 381 g/mol. The predicted octanol–water partition coefficient (Wildman–Crippen LogP) is 2.65. The van der Waals surface area contributed by atoms with Crippen LogP contribution in [0.5, 0.6) is 5.75 Å². The van der Waals surface area contributed by atoms with Gasteiger partial charge in [-0.2, -0.15) is 0 Å². The summed E-state index contributed by atoms with van der Waals surface area (Å²) in [7, 11) is 1.80. The number of hydrogen-bond donors (Lipinski definition) is 1. The molecule has 1 fully saturated rings. The van der Waals surface area contributed by atoms with Crippen LogP contribution in [0.4, 0.5) is 0 Å². The highest BCUT2D eigenvalue weighted by Gasteiger charge is 2.25. The summed E-state index contributed by atoms with van der Waals surface area (Å²) in [5, 5.41) is 12.7. The minimum Gasteiger partial charge on any atom is -0.496 e. The van der Waals surface area contributed by atoms with Crippen molar-refractivity contribution >= 4 is 0 Å². The van der Waals surface area contributed by atoms with Crippen molar-refractivity contribution in [1.29, 1.82) is 0 Å². The van der Waals surface area contributed by atoms with Gasteiger partial charge in [0.25, 0.3) is 0 Å². The van der Waals surface area contributed by atoms with Crippen LogP contribution >= 0.6 is 0 Å². The van der Waals surface area contributed by atoms with E-state index < -0.39 is 0 Å². The van der Waals surface area contributed by atoms with Gasteiger partial charge in [0, 0.05) is 38.2 Å². The van der Waals surface area contributed by atoms with E-state index in [-0.39, 0.29) is 0 Å². The second-order valence-corrected chi connectivity index (χ2v) is 8.44. The molecule has 1 N–H and O–H groups in total. The van der Waals surface area contributed by atoms with Gasteiger partial charge in [0.2, 0.25) is 0 Å². The van der Waals surface area contributed by atoms with E-state index >= 15 is 0 Å². The highest BCUT2D eigenvalue weighted by atomic mass is 16.5. The molecule has 1 saturated heterocycles. The van der Waals surface area contributed by atoms with Gasteiger partial charge >= 0.3 is 0 Å². The molecule has 3 aliphatic rings. The lowest BCUT2D eigenvalue weighted by atomic mass is 10.0. The van der Waals surface area contributed by atoms with E-state index in [0.29, 0.717) is 6.04 Å². The fourth-order valence-corrected chi connectivity index (χ4v) is 5.08. The van der Waals surface area contributed by atoms with Crippen LogP contribution in [0.15, 0.2) is 12.1 Å². The number of piperidine rings is 1. The molecule has 3 heterocycles. The number of benzene rings is 1. The zero-order chi connectivity index (χ0) is 18.9. The maximum atomic E-state index is 5.73. The van der Waals surface area contributed by atoms with Crippen molar-refractivity contribution in [2.75, 3.05) is 26.7 Å². The van der Waals surface area contributed by atoms with E-state index in [4.69, 9.17) is 4.74 Å². The summed E-state index contributed by atoms with van der Waals surface area (Å²) in [6.07, 6.45) is 8.38. The van der Waals surface area contributed by atoms with E-state index in [1.165, 1.54) is 55.2 Å². The highest BCUT2D eigenvalue weighted by molar-refractivity contribution is 5.44. The van der Waals surface area contributed by atoms with Gasteiger partial charge in [-0.1, -0.05) is 12.5 Å². The van der Waals surface area contributed by atoms with Gasteiger partial charge in [0.1, 0.15) is 17.4 Å². The maximum absolute atomic E-state index is 5.73. The number of methoxy groups -OCH3 is 1. The van der Waals surface area contributed by atoms with E-state index in [1.54, 1.807) is 7.11 Å². The van der Waals surface area contributed by atoms with Crippen LogP contribution < -0.4 is 10.1 Å². The van der Waals surface area contributed by atoms with Gasteiger partial charge in [-0.15, -0.1) is 10.2 Å². The van der Waals surface area contributed by atoms with Gasteiger partial charge in [0.15, 0.2) is 0 Å². The Morgan fingerprint density at radius 2 is 1.93 bits per heavy atom. The molecular formula is C22H31N5O. The molecule has 6 nitrogen and oxygen atoms in total. The zero-order valence-corrected chi connectivity index (χ0v) is 16.9. The standard InChI is InChI=1S/C22H31N5O/c1-28-20-14-17-6-4-5-16(17)13-18(20)15-26-10-8-21-24-25-22(27(21)12-11-26)19-7-2-3-9-23-19/h13-14,19,23H,2-12,15H2,1H3/t19-/m0/s1. The first-order chi connectivity index (χ1) is 13.8. The average molecular weight is 382 g/mol. The van der Waals surface area contributed by atoms with Crippen molar-refractivity contribution in [2.24, 2.45) is 0 Å². The normalized spacial score (nSPS) is 22.5. The van der Waals surface area contributed by atoms with Gasteiger partial charge in [0.05, 0.1) is 13.2 Å². The summed E-state index contributed by atoms with van der Waals surface area (Å²) in [4.78, 5) is 2.55. The number of ether oxygens (including phenoxy) is 1. The quantitative estimate of drug-likeness (QED) is 0.882.